The molecule has 0 bridgehead atoms. The summed E-state index contributed by atoms with van der Waals surface area (Å²) >= 11 is 0. The Kier molecular flexibility index (Phi) is 10.1. The normalized spacial score (nSPS) is 17.8. The second-order valence-corrected chi connectivity index (χ2v) is 9.12. The van der Waals surface area contributed by atoms with Crippen molar-refractivity contribution in [2.75, 3.05) is 44.6 Å². The molecule has 1 aromatic carbocycles. The van der Waals surface area contributed by atoms with Crippen LogP contribution in [0.4, 0.5) is 10.5 Å². The molecule has 174 valence electrons. The van der Waals surface area contributed by atoms with Crippen LogP contribution in [-0.2, 0) is 11.2 Å². The van der Waals surface area contributed by atoms with E-state index >= 15 is 0 Å². The van der Waals surface area contributed by atoms with Gasteiger partial charge in [-0.3, -0.25) is 10.3 Å². The third-order valence-electron chi connectivity index (χ3n) is 5.21. The van der Waals surface area contributed by atoms with E-state index < -0.39 is 11.7 Å². The van der Waals surface area contributed by atoms with Gasteiger partial charge in [-0.05, 0) is 83.7 Å². The maximum atomic E-state index is 11.9. The van der Waals surface area contributed by atoms with Crippen LogP contribution in [0.15, 0.2) is 29.3 Å². The molecule has 2 rings (SSSR count). The molecule has 1 amide bonds. The Labute approximate surface area is 188 Å². The highest BCUT2D eigenvalue weighted by molar-refractivity contribution is 5.84. The summed E-state index contributed by atoms with van der Waals surface area (Å²) in [5.74, 6) is 1.54. The number of nitrogens with one attached hydrogen (secondary N) is 3. The van der Waals surface area contributed by atoms with E-state index in [0.717, 1.165) is 50.8 Å². The van der Waals surface area contributed by atoms with Gasteiger partial charge in [0.1, 0.15) is 5.60 Å². The van der Waals surface area contributed by atoms with Gasteiger partial charge in [0.2, 0.25) is 0 Å². The van der Waals surface area contributed by atoms with E-state index in [4.69, 9.17) is 9.73 Å². The molecule has 3 N–H and O–H groups in total. The lowest BCUT2D eigenvalue weighted by atomic mass is 9.98. The molecule has 0 aliphatic carbocycles. The smallest absolute Gasteiger partial charge is 0.412 e. The van der Waals surface area contributed by atoms with Gasteiger partial charge in [-0.25, -0.2) is 4.79 Å². The van der Waals surface area contributed by atoms with Crippen molar-refractivity contribution >= 4 is 17.7 Å². The van der Waals surface area contributed by atoms with Gasteiger partial charge in [0.05, 0.1) is 0 Å². The highest BCUT2D eigenvalue weighted by Crippen LogP contribution is 2.16. The predicted octanol–water partition coefficient (Wildman–Crippen LogP) is 3.86. The van der Waals surface area contributed by atoms with Crippen LogP contribution in [0.3, 0.4) is 0 Å². The zero-order chi connectivity index (χ0) is 22.7. The van der Waals surface area contributed by atoms with E-state index in [1.807, 2.05) is 45.0 Å². The molecule has 0 aromatic heterocycles. The number of likely N-dealkylation sites (tertiary alicyclic amines) is 1. The summed E-state index contributed by atoms with van der Waals surface area (Å²) in [5.41, 5.74) is 1.42. The second kappa shape index (κ2) is 12.5. The molecule has 31 heavy (non-hydrogen) atoms. The second-order valence-electron chi connectivity index (χ2n) is 9.12. The van der Waals surface area contributed by atoms with Crippen LogP contribution in [0, 0.1) is 5.92 Å². The van der Waals surface area contributed by atoms with E-state index in [0.29, 0.717) is 5.92 Å². The molecule has 0 spiro atoms. The van der Waals surface area contributed by atoms with Crippen LogP contribution in [0.5, 0.6) is 0 Å². The standard InChI is InChI=1S/C24H41N5O2/c1-6-25-22(27-17-20-9-8-16-29(7-2)18-20)26-15-14-19-10-12-21(13-11-19)28-23(30)31-24(3,4)5/h10-13,20H,6-9,14-18H2,1-5H3,(H,28,30)(H2,25,26,27). The summed E-state index contributed by atoms with van der Waals surface area (Å²) in [5, 5.41) is 9.55. The zero-order valence-electron chi connectivity index (χ0n) is 20.0. The molecule has 1 aromatic rings. The molecular formula is C24H41N5O2. The van der Waals surface area contributed by atoms with Gasteiger partial charge in [-0.2, -0.15) is 0 Å². The number of aliphatic imine (C=N–C) groups is 1. The average Bonchev–Trinajstić information content (AvgIpc) is 2.72. The molecular weight excluding hydrogens is 390 g/mol. The molecule has 1 saturated heterocycles. The SMILES string of the molecule is CCNC(=NCC1CCCN(CC)C1)NCCc1ccc(NC(=O)OC(C)(C)C)cc1. The molecule has 1 heterocycles. The van der Waals surface area contributed by atoms with E-state index in [9.17, 15) is 4.79 Å². The molecule has 1 fully saturated rings. The Morgan fingerprint density at radius 2 is 1.94 bits per heavy atom. The summed E-state index contributed by atoms with van der Waals surface area (Å²) in [6, 6.07) is 7.86. The Morgan fingerprint density at radius 1 is 1.19 bits per heavy atom. The fourth-order valence-electron chi connectivity index (χ4n) is 3.65. The Morgan fingerprint density at radius 3 is 2.58 bits per heavy atom. The molecule has 7 nitrogen and oxygen atoms in total. The Bertz CT molecular complexity index is 697. The lowest BCUT2D eigenvalue weighted by Gasteiger charge is -2.31. The topological polar surface area (TPSA) is 78.0 Å². The summed E-state index contributed by atoms with van der Waals surface area (Å²) in [6.45, 7) is 15.9. The van der Waals surface area contributed by atoms with Crippen LogP contribution >= 0.6 is 0 Å². The van der Waals surface area contributed by atoms with Crippen molar-refractivity contribution in [2.24, 2.45) is 10.9 Å². The molecule has 1 unspecified atom stereocenters. The van der Waals surface area contributed by atoms with Crippen molar-refractivity contribution in [3.63, 3.8) is 0 Å². The number of ether oxygens (including phenoxy) is 1. The minimum absolute atomic E-state index is 0.437. The first-order chi connectivity index (χ1) is 14.8. The Hall–Kier alpha value is -2.28. The number of rotatable bonds is 8. The van der Waals surface area contributed by atoms with Gasteiger partial charge in [-0.15, -0.1) is 0 Å². The van der Waals surface area contributed by atoms with E-state index in [-0.39, 0.29) is 0 Å². The number of carbonyl (C=O) groups excluding carboxylic acids is 1. The molecule has 1 aliphatic heterocycles. The van der Waals surface area contributed by atoms with Gasteiger partial charge < -0.3 is 20.3 Å². The molecule has 0 radical (unpaired) electrons. The van der Waals surface area contributed by atoms with Crippen LogP contribution < -0.4 is 16.0 Å². The van der Waals surface area contributed by atoms with Crippen LogP contribution in [0.2, 0.25) is 0 Å². The predicted molar refractivity (Wildman–Crippen MR) is 129 cm³/mol. The van der Waals surface area contributed by atoms with E-state index in [1.165, 1.54) is 24.9 Å². The highest BCUT2D eigenvalue weighted by atomic mass is 16.6. The van der Waals surface area contributed by atoms with Crippen molar-refractivity contribution < 1.29 is 9.53 Å². The molecule has 7 heteroatoms. The van der Waals surface area contributed by atoms with Crippen LogP contribution in [0.1, 0.15) is 53.0 Å². The number of hydrogen-bond donors (Lipinski definition) is 3. The molecule has 0 saturated carbocycles. The third-order valence-corrected chi connectivity index (χ3v) is 5.21. The number of benzene rings is 1. The summed E-state index contributed by atoms with van der Waals surface area (Å²) in [6.07, 6.45) is 2.98. The van der Waals surface area contributed by atoms with Gasteiger partial charge in [0, 0.05) is 31.9 Å². The first-order valence-electron chi connectivity index (χ1n) is 11.6. The lowest BCUT2D eigenvalue weighted by Crippen LogP contribution is -2.40. The minimum atomic E-state index is -0.506. The Balaban J connectivity index is 1.78. The number of piperidine rings is 1. The quantitative estimate of drug-likeness (QED) is 0.430. The van der Waals surface area contributed by atoms with E-state index in [1.54, 1.807) is 0 Å². The van der Waals surface area contributed by atoms with Crippen molar-refractivity contribution in [1.82, 2.24) is 15.5 Å². The van der Waals surface area contributed by atoms with Gasteiger partial charge in [0.15, 0.2) is 5.96 Å². The van der Waals surface area contributed by atoms with Gasteiger partial charge >= 0.3 is 6.09 Å². The number of amides is 1. The summed E-state index contributed by atoms with van der Waals surface area (Å²) < 4.78 is 5.28. The number of anilines is 1. The fourth-order valence-corrected chi connectivity index (χ4v) is 3.65. The van der Waals surface area contributed by atoms with Crippen LogP contribution in [0.25, 0.3) is 0 Å². The average molecular weight is 432 g/mol. The molecule has 1 atom stereocenters. The first-order valence-corrected chi connectivity index (χ1v) is 11.6. The maximum Gasteiger partial charge on any atom is 0.412 e. The maximum absolute atomic E-state index is 11.9. The number of hydrogen-bond acceptors (Lipinski definition) is 4. The van der Waals surface area contributed by atoms with Crippen molar-refractivity contribution in [1.29, 1.82) is 0 Å². The van der Waals surface area contributed by atoms with Gasteiger partial charge in [-0.1, -0.05) is 19.1 Å². The first kappa shape index (κ1) is 25.0. The van der Waals surface area contributed by atoms with Crippen molar-refractivity contribution in [3.8, 4) is 0 Å². The monoisotopic (exact) mass is 431 g/mol. The lowest BCUT2D eigenvalue weighted by molar-refractivity contribution is 0.0636. The minimum Gasteiger partial charge on any atom is -0.444 e. The summed E-state index contributed by atoms with van der Waals surface area (Å²) in [7, 11) is 0. The van der Waals surface area contributed by atoms with Crippen molar-refractivity contribution in [2.45, 2.75) is 59.5 Å². The van der Waals surface area contributed by atoms with Crippen molar-refractivity contribution in [3.05, 3.63) is 29.8 Å². The van der Waals surface area contributed by atoms with Gasteiger partial charge in [0.25, 0.3) is 0 Å². The number of nitrogens with zero attached hydrogens (tertiary/aromatic N) is 2. The largest absolute Gasteiger partial charge is 0.444 e. The fraction of sp³-hybridized carbons (Fsp3) is 0.667. The van der Waals surface area contributed by atoms with E-state index in [2.05, 4.69) is 34.7 Å². The summed E-state index contributed by atoms with van der Waals surface area (Å²) in [4.78, 5) is 19.2. The number of guanidine groups is 1. The highest BCUT2D eigenvalue weighted by Gasteiger charge is 2.18. The third kappa shape index (κ3) is 10.0. The zero-order valence-corrected chi connectivity index (χ0v) is 20.0. The molecule has 1 aliphatic rings. The number of carbonyl (C=O) groups is 1. The van der Waals surface area contributed by atoms with Crippen LogP contribution in [-0.4, -0.2) is 61.8 Å².